The lowest BCUT2D eigenvalue weighted by atomic mass is 10.2. The average molecular weight is 494 g/mol. The molecule has 0 fully saturated rings. The molecule has 0 aromatic heterocycles. The van der Waals surface area contributed by atoms with Crippen LogP contribution in [-0.2, 0) is 11.3 Å². The van der Waals surface area contributed by atoms with Crippen LogP contribution < -0.4 is 20.1 Å². The molecule has 0 aliphatic rings. The summed E-state index contributed by atoms with van der Waals surface area (Å²) in [6.45, 7) is 7.00. The molecule has 0 atom stereocenters. The van der Waals surface area contributed by atoms with Gasteiger partial charge in [-0.1, -0.05) is 0 Å². The zero-order valence-corrected chi connectivity index (χ0v) is 19.5. The van der Waals surface area contributed by atoms with Crippen LogP contribution in [0.4, 0.5) is 0 Å². The number of benzene rings is 1. The van der Waals surface area contributed by atoms with Crippen molar-refractivity contribution in [1.29, 1.82) is 0 Å². The molecular formula is C19H35IN4O3. The maximum absolute atomic E-state index is 5.43. The fourth-order valence-electron chi connectivity index (χ4n) is 2.40. The normalized spacial score (nSPS) is 11.1. The molecular weight excluding hydrogens is 459 g/mol. The van der Waals surface area contributed by atoms with E-state index in [1.165, 1.54) is 0 Å². The van der Waals surface area contributed by atoms with Crippen LogP contribution in [0.5, 0.6) is 11.5 Å². The highest BCUT2D eigenvalue weighted by Crippen LogP contribution is 2.25. The van der Waals surface area contributed by atoms with Gasteiger partial charge in [0.1, 0.15) is 11.5 Å². The smallest absolute Gasteiger partial charge is 0.191 e. The summed E-state index contributed by atoms with van der Waals surface area (Å²) in [5.74, 6) is 2.37. The third-order valence-corrected chi connectivity index (χ3v) is 3.93. The van der Waals surface area contributed by atoms with Crippen molar-refractivity contribution >= 4 is 29.9 Å². The Kier molecular flexibility index (Phi) is 15.0. The van der Waals surface area contributed by atoms with E-state index < -0.39 is 0 Å². The van der Waals surface area contributed by atoms with Crippen molar-refractivity contribution in [2.45, 2.75) is 19.9 Å². The van der Waals surface area contributed by atoms with E-state index in [-0.39, 0.29) is 24.0 Å². The van der Waals surface area contributed by atoms with Gasteiger partial charge in [-0.2, -0.15) is 0 Å². The number of rotatable bonds is 12. The summed E-state index contributed by atoms with van der Waals surface area (Å²) in [7, 11) is 7.14. The van der Waals surface area contributed by atoms with E-state index in [1.807, 2.05) is 18.2 Å². The molecule has 0 bridgehead atoms. The first kappa shape index (κ1) is 25.7. The van der Waals surface area contributed by atoms with E-state index in [4.69, 9.17) is 14.2 Å². The molecule has 0 aliphatic carbocycles. The topological polar surface area (TPSA) is 67.4 Å². The monoisotopic (exact) mass is 494 g/mol. The number of methoxy groups -OCH3 is 3. The van der Waals surface area contributed by atoms with Gasteiger partial charge in [-0.05, 0) is 39.1 Å². The third-order valence-electron chi connectivity index (χ3n) is 3.93. The maximum Gasteiger partial charge on any atom is 0.191 e. The second-order valence-electron chi connectivity index (χ2n) is 5.95. The Morgan fingerprint density at radius 1 is 1.11 bits per heavy atom. The Bertz CT molecular complexity index is 544. The number of halogens is 1. The van der Waals surface area contributed by atoms with E-state index in [2.05, 4.69) is 34.5 Å². The standard InChI is InChI=1S/C19H34N4O3.HI/c1-6-20-19(21-10-7-11-23(2)12-13-24-3)22-15-16-8-9-17(25-4)14-18(16)26-5;/h8-9,14H,6-7,10-13,15H2,1-5H3,(H2,20,21,22);1H. The summed E-state index contributed by atoms with van der Waals surface area (Å²) >= 11 is 0. The first-order valence-electron chi connectivity index (χ1n) is 9.05. The van der Waals surface area contributed by atoms with Crippen LogP contribution in [0.25, 0.3) is 0 Å². The van der Waals surface area contributed by atoms with Crippen LogP contribution in [0, 0.1) is 0 Å². The van der Waals surface area contributed by atoms with Crippen molar-refractivity contribution < 1.29 is 14.2 Å². The van der Waals surface area contributed by atoms with Gasteiger partial charge in [-0.3, -0.25) is 0 Å². The Labute approximate surface area is 180 Å². The van der Waals surface area contributed by atoms with Gasteiger partial charge in [-0.25, -0.2) is 4.99 Å². The summed E-state index contributed by atoms with van der Waals surface area (Å²) in [5, 5.41) is 6.65. The number of aliphatic imine (C=N–C) groups is 1. The molecule has 156 valence electrons. The van der Waals surface area contributed by atoms with Gasteiger partial charge >= 0.3 is 0 Å². The fraction of sp³-hybridized carbons (Fsp3) is 0.632. The number of hydrogen-bond donors (Lipinski definition) is 2. The minimum atomic E-state index is 0. The summed E-state index contributed by atoms with van der Waals surface area (Å²) in [6, 6.07) is 5.78. The predicted molar refractivity (Wildman–Crippen MR) is 122 cm³/mol. The van der Waals surface area contributed by atoms with Gasteiger partial charge in [0, 0.05) is 38.4 Å². The Balaban J connectivity index is 0.00000676. The van der Waals surface area contributed by atoms with Gasteiger partial charge in [0.25, 0.3) is 0 Å². The Hall–Kier alpha value is -1.26. The van der Waals surface area contributed by atoms with E-state index in [9.17, 15) is 0 Å². The van der Waals surface area contributed by atoms with Crippen LogP contribution in [-0.4, -0.2) is 72.0 Å². The molecule has 7 nitrogen and oxygen atoms in total. The van der Waals surface area contributed by atoms with Crippen molar-refractivity contribution in [3.05, 3.63) is 23.8 Å². The van der Waals surface area contributed by atoms with Gasteiger partial charge in [-0.15, -0.1) is 24.0 Å². The highest BCUT2D eigenvalue weighted by molar-refractivity contribution is 14.0. The molecule has 27 heavy (non-hydrogen) atoms. The van der Waals surface area contributed by atoms with Gasteiger partial charge in [0.05, 0.1) is 27.4 Å². The van der Waals surface area contributed by atoms with E-state index >= 15 is 0 Å². The zero-order valence-electron chi connectivity index (χ0n) is 17.2. The SMILES string of the molecule is CCNC(=NCc1ccc(OC)cc1OC)NCCCN(C)CCOC.I. The molecule has 1 aromatic carbocycles. The van der Waals surface area contributed by atoms with Gasteiger partial charge < -0.3 is 29.7 Å². The van der Waals surface area contributed by atoms with Crippen LogP contribution in [0.15, 0.2) is 23.2 Å². The van der Waals surface area contributed by atoms with Crippen LogP contribution in [0.3, 0.4) is 0 Å². The van der Waals surface area contributed by atoms with E-state index in [0.29, 0.717) is 6.54 Å². The lowest BCUT2D eigenvalue weighted by Crippen LogP contribution is -2.38. The molecule has 0 amide bonds. The molecule has 0 aliphatic heterocycles. The summed E-state index contributed by atoms with van der Waals surface area (Å²) < 4.78 is 15.8. The summed E-state index contributed by atoms with van der Waals surface area (Å²) in [6.07, 6.45) is 1.04. The highest BCUT2D eigenvalue weighted by Gasteiger charge is 2.05. The highest BCUT2D eigenvalue weighted by atomic mass is 127. The Morgan fingerprint density at radius 3 is 2.52 bits per heavy atom. The van der Waals surface area contributed by atoms with Crippen LogP contribution in [0.2, 0.25) is 0 Å². The lowest BCUT2D eigenvalue weighted by molar-refractivity contribution is 0.161. The van der Waals surface area contributed by atoms with E-state index in [0.717, 1.165) is 62.2 Å². The largest absolute Gasteiger partial charge is 0.497 e. The van der Waals surface area contributed by atoms with Crippen molar-refractivity contribution in [2.75, 3.05) is 61.2 Å². The van der Waals surface area contributed by atoms with Crippen molar-refractivity contribution in [2.24, 2.45) is 4.99 Å². The molecule has 0 radical (unpaired) electrons. The lowest BCUT2D eigenvalue weighted by Gasteiger charge is -2.17. The summed E-state index contributed by atoms with van der Waals surface area (Å²) in [4.78, 5) is 6.92. The van der Waals surface area contributed by atoms with Crippen molar-refractivity contribution in [1.82, 2.24) is 15.5 Å². The minimum Gasteiger partial charge on any atom is -0.497 e. The molecule has 0 saturated carbocycles. The Morgan fingerprint density at radius 2 is 1.89 bits per heavy atom. The molecule has 0 heterocycles. The first-order valence-corrected chi connectivity index (χ1v) is 9.05. The average Bonchev–Trinajstić information content (AvgIpc) is 2.67. The number of nitrogens with one attached hydrogen (secondary N) is 2. The number of nitrogens with zero attached hydrogens (tertiary/aromatic N) is 2. The second kappa shape index (κ2) is 15.8. The molecule has 1 aromatic rings. The second-order valence-corrected chi connectivity index (χ2v) is 5.95. The number of ether oxygens (including phenoxy) is 3. The van der Waals surface area contributed by atoms with Crippen molar-refractivity contribution in [3.8, 4) is 11.5 Å². The number of hydrogen-bond acceptors (Lipinski definition) is 5. The first-order chi connectivity index (χ1) is 12.6. The molecule has 8 heteroatoms. The van der Waals surface area contributed by atoms with Crippen LogP contribution >= 0.6 is 24.0 Å². The number of likely N-dealkylation sites (N-methyl/N-ethyl adjacent to an activating group) is 1. The zero-order chi connectivity index (χ0) is 19.2. The van der Waals surface area contributed by atoms with Crippen LogP contribution in [0.1, 0.15) is 18.9 Å². The molecule has 0 unspecified atom stereocenters. The molecule has 1 rings (SSSR count). The quantitative estimate of drug-likeness (QED) is 0.201. The maximum atomic E-state index is 5.43. The number of guanidine groups is 1. The molecule has 2 N–H and O–H groups in total. The fourth-order valence-corrected chi connectivity index (χ4v) is 2.40. The summed E-state index contributed by atoms with van der Waals surface area (Å²) in [5.41, 5.74) is 1.02. The van der Waals surface area contributed by atoms with Crippen molar-refractivity contribution in [3.63, 3.8) is 0 Å². The van der Waals surface area contributed by atoms with Gasteiger partial charge in [0.2, 0.25) is 0 Å². The molecule has 0 spiro atoms. The third kappa shape index (κ3) is 10.6. The predicted octanol–water partition coefficient (Wildman–Crippen LogP) is 2.35. The molecule has 0 saturated heterocycles. The minimum absolute atomic E-state index is 0. The van der Waals surface area contributed by atoms with Gasteiger partial charge in [0.15, 0.2) is 5.96 Å². The van der Waals surface area contributed by atoms with E-state index in [1.54, 1.807) is 21.3 Å².